The van der Waals surface area contributed by atoms with Crippen molar-refractivity contribution in [2.75, 3.05) is 0 Å². The van der Waals surface area contributed by atoms with Gasteiger partial charge in [-0.25, -0.2) is 4.98 Å². The first-order valence-corrected chi connectivity index (χ1v) is 4.77. The number of hydrogen-bond acceptors (Lipinski definition) is 2. The van der Waals surface area contributed by atoms with E-state index in [1.807, 2.05) is 17.7 Å². The lowest BCUT2D eigenvalue weighted by molar-refractivity contribution is 0.695. The molecule has 14 heavy (non-hydrogen) atoms. The summed E-state index contributed by atoms with van der Waals surface area (Å²) in [6, 6.07) is 0. The average Bonchev–Trinajstić information content (AvgIpc) is 2.46. The fourth-order valence-corrected chi connectivity index (χ4v) is 1.73. The zero-order valence-corrected chi connectivity index (χ0v) is 8.37. The van der Waals surface area contributed by atoms with Crippen LogP contribution in [0.5, 0.6) is 0 Å². The maximum Gasteiger partial charge on any atom is 0.260 e. The number of aryl methyl sites for hydroxylation is 2. The van der Waals surface area contributed by atoms with E-state index in [9.17, 15) is 4.79 Å². The number of H-pyrrole nitrogens is 1. The molecule has 2 heterocycles. The molecule has 0 saturated carbocycles. The van der Waals surface area contributed by atoms with Gasteiger partial charge in [-0.15, -0.1) is 0 Å². The summed E-state index contributed by atoms with van der Waals surface area (Å²) in [5, 5.41) is 0.709. The van der Waals surface area contributed by atoms with Gasteiger partial charge < -0.3 is 9.55 Å². The fraction of sp³-hybridized carbons (Fsp3) is 0.400. The molecule has 0 fully saturated rings. The number of hydrogen-bond donors (Lipinski definition) is 1. The van der Waals surface area contributed by atoms with Crippen LogP contribution in [0.4, 0.5) is 0 Å². The fourth-order valence-electron chi connectivity index (χ4n) is 1.73. The molecule has 2 aromatic rings. The molecule has 0 aliphatic rings. The molecule has 74 valence electrons. The quantitative estimate of drug-likeness (QED) is 0.781. The minimum Gasteiger partial charge on any atom is -0.332 e. The van der Waals surface area contributed by atoms with Crippen molar-refractivity contribution in [2.24, 2.45) is 0 Å². The van der Waals surface area contributed by atoms with Crippen LogP contribution in [0.3, 0.4) is 0 Å². The first kappa shape index (κ1) is 8.99. The summed E-state index contributed by atoms with van der Waals surface area (Å²) in [6.07, 6.45) is 4.48. The average molecular weight is 191 g/mol. The molecule has 1 N–H and O–H groups in total. The third-order valence-corrected chi connectivity index (χ3v) is 2.31. The molecule has 0 saturated heterocycles. The second-order valence-corrected chi connectivity index (χ2v) is 3.44. The van der Waals surface area contributed by atoms with Gasteiger partial charge in [0.2, 0.25) is 0 Å². The van der Waals surface area contributed by atoms with Gasteiger partial charge in [-0.2, -0.15) is 0 Å². The summed E-state index contributed by atoms with van der Waals surface area (Å²) in [5.74, 6) is 0. The normalized spacial score (nSPS) is 11.0. The standard InChI is InChI=1S/C10H13N3O/c1-3-4-13-5-7(2)8-9(13)11-6-12-10(8)14/h5-6H,3-4H2,1-2H3,(H,11,12,14). The van der Waals surface area contributed by atoms with Crippen molar-refractivity contribution < 1.29 is 0 Å². The molecular weight excluding hydrogens is 178 g/mol. The molecule has 2 rings (SSSR count). The van der Waals surface area contributed by atoms with Crippen LogP contribution in [-0.4, -0.2) is 14.5 Å². The maximum absolute atomic E-state index is 11.5. The van der Waals surface area contributed by atoms with Gasteiger partial charge in [-0.1, -0.05) is 6.92 Å². The highest BCUT2D eigenvalue weighted by Crippen LogP contribution is 2.14. The Morgan fingerprint density at radius 3 is 3.07 bits per heavy atom. The van der Waals surface area contributed by atoms with E-state index >= 15 is 0 Å². The van der Waals surface area contributed by atoms with E-state index in [-0.39, 0.29) is 5.56 Å². The zero-order valence-electron chi connectivity index (χ0n) is 8.37. The van der Waals surface area contributed by atoms with E-state index in [2.05, 4.69) is 16.9 Å². The highest BCUT2D eigenvalue weighted by Gasteiger charge is 2.08. The molecule has 0 aromatic carbocycles. The van der Waals surface area contributed by atoms with E-state index in [4.69, 9.17) is 0 Å². The van der Waals surface area contributed by atoms with E-state index in [0.29, 0.717) is 5.39 Å². The molecule has 0 atom stereocenters. The predicted octanol–water partition coefficient (Wildman–Crippen LogP) is 1.44. The smallest absolute Gasteiger partial charge is 0.260 e. The van der Waals surface area contributed by atoms with Crippen molar-refractivity contribution in [3.05, 3.63) is 28.4 Å². The maximum atomic E-state index is 11.5. The number of aromatic amines is 1. The van der Waals surface area contributed by atoms with Crippen molar-refractivity contribution in [1.82, 2.24) is 14.5 Å². The van der Waals surface area contributed by atoms with E-state index < -0.39 is 0 Å². The Kier molecular flexibility index (Phi) is 2.11. The van der Waals surface area contributed by atoms with Crippen molar-refractivity contribution in [1.29, 1.82) is 0 Å². The largest absolute Gasteiger partial charge is 0.332 e. The Balaban J connectivity index is 2.77. The predicted molar refractivity (Wildman–Crippen MR) is 55.4 cm³/mol. The molecule has 0 bridgehead atoms. The van der Waals surface area contributed by atoms with Crippen LogP contribution in [0, 0.1) is 6.92 Å². The van der Waals surface area contributed by atoms with Crippen LogP contribution < -0.4 is 5.56 Å². The Labute approximate surface area is 81.6 Å². The summed E-state index contributed by atoms with van der Waals surface area (Å²) in [5.41, 5.74) is 1.72. The van der Waals surface area contributed by atoms with Gasteiger partial charge in [0.25, 0.3) is 5.56 Å². The van der Waals surface area contributed by atoms with Crippen molar-refractivity contribution in [3.63, 3.8) is 0 Å². The number of nitrogens with one attached hydrogen (secondary N) is 1. The number of nitrogens with zero attached hydrogens (tertiary/aromatic N) is 2. The second kappa shape index (κ2) is 3.29. The molecule has 0 aliphatic carbocycles. The van der Waals surface area contributed by atoms with Gasteiger partial charge in [-0.05, 0) is 18.9 Å². The number of aromatic nitrogens is 3. The first-order valence-electron chi connectivity index (χ1n) is 4.77. The van der Waals surface area contributed by atoms with Gasteiger partial charge in [0.15, 0.2) is 0 Å². The monoisotopic (exact) mass is 191 g/mol. The number of fused-ring (bicyclic) bond motifs is 1. The van der Waals surface area contributed by atoms with Crippen molar-refractivity contribution >= 4 is 11.0 Å². The van der Waals surface area contributed by atoms with Crippen LogP contribution in [-0.2, 0) is 6.54 Å². The van der Waals surface area contributed by atoms with Crippen molar-refractivity contribution in [2.45, 2.75) is 26.8 Å². The topological polar surface area (TPSA) is 50.7 Å². The van der Waals surface area contributed by atoms with E-state index in [1.54, 1.807) is 0 Å². The molecule has 0 spiro atoms. The van der Waals surface area contributed by atoms with Crippen LogP contribution in [0.1, 0.15) is 18.9 Å². The Bertz CT molecular complexity index is 510. The summed E-state index contributed by atoms with van der Waals surface area (Å²) in [7, 11) is 0. The van der Waals surface area contributed by atoms with Crippen LogP contribution >= 0.6 is 0 Å². The molecular formula is C10H13N3O. The minimum atomic E-state index is -0.0534. The zero-order chi connectivity index (χ0) is 10.1. The number of rotatable bonds is 2. The van der Waals surface area contributed by atoms with Crippen LogP contribution in [0.15, 0.2) is 17.3 Å². The van der Waals surface area contributed by atoms with Gasteiger partial charge in [0.05, 0.1) is 11.7 Å². The second-order valence-electron chi connectivity index (χ2n) is 3.44. The van der Waals surface area contributed by atoms with Gasteiger partial charge in [-0.3, -0.25) is 4.79 Å². The Morgan fingerprint density at radius 2 is 2.36 bits per heavy atom. The lowest BCUT2D eigenvalue weighted by atomic mass is 10.3. The van der Waals surface area contributed by atoms with Gasteiger partial charge in [0, 0.05) is 12.7 Å². The third-order valence-electron chi connectivity index (χ3n) is 2.31. The lowest BCUT2D eigenvalue weighted by Crippen LogP contribution is -2.07. The molecule has 0 aliphatic heterocycles. The van der Waals surface area contributed by atoms with E-state index in [1.165, 1.54) is 6.33 Å². The highest BCUT2D eigenvalue weighted by molar-refractivity contribution is 5.78. The summed E-state index contributed by atoms with van der Waals surface area (Å²) in [4.78, 5) is 18.3. The first-order chi connectivity index (χ1) is 6.74. The summed E-state index contributed by atoms with van der Waals surface area (Å²) >= 11 is 0. The van der Waals surface area contributed by atoms with Crippen LogP contribution in [0.2, 0.25) is 0 Å². The molecule has 4 heteroatoms. The van der Waals surface area contributed by atoms with E-state index in [0.717, 1.165) is 24.2 Å². The molecule has 2 aromatic heterocycles. The van der Waals surface area contributed by atoms with Gasteiger partial charge in [0.1, 0.15) is 5.65 Å². The Hall–Kier alpha value is -1.58. The summed E-state index contributed by atoms with van der Waals surface area (Å²) in [6.45, 7) is 4.94. The lowest BCUT2D eigenvalue weighted by Gasteiger charge is -1.99. The van der Waals surface area contributed by atoms with Crippen LogP contribution in [0.25, 0.3) is 11.0 Å². The Morgan fingerprint density at radius 1 is 1.57 bits per heavy atom. The third kappa shape index (κ3) is 1.23. The molecule has 4 nitrogen and oxygen atoms in total. The minimum absolute atomic E-state index is 0.0534. The van der Waals surface area contributed by atoms with Gasteiger partial charge >= 0.3 is 0 Å². The molecule has 0 radical (unpaired) electrons. The summed E-state index contributed by atoms with van der Waals surface area (Å²) < 4.78 is 2.03. The molecule has 0 unspecified atom stereocenters. The molecule has 0 amide bonds. The highest BCUT2D eigenvalue weighted by atomic mass is 16.1. The SMILES string of the molecule is CCCn1cc(C)c2c(=O)[nH]cnc21. The van der Waals surface area contributed by atoms with Crippen molar-refractivity contribution in [3.8, 4) is 0 Å².